The van der Waals surface area contributed by atoms with Gasteiger partial charge in [0.05, 0.1) is 16.7 Å². The fourth-order valence-corrected chi connectivity index (χ4v) is 7.64. The van der Waals surface area contributed by atoms with Gasteiger partial charge in [0, 0.05) is 16.3 Å². The third-order valence-corrected chi connectivity index (χ3v) is 10.1. The molecule has 0 aliphatic heterocycles. The smallest absolute Gasteiger partial charge is 0.111 e. The molecule has 0 saturated carbocycles. The molecule has 0 radical (unpaired) electrons. The predicted molar refractivity (Wildman–Crippen MR) is 224 cm³/mol. The number of aliphatic imine (C=N–C) groups is 1. The van der Waals surface area contributed by atoms with E-state index < -0.39 is 0 Å². The number of allylic oxidation sites excluding steroid dienone is 2. The molecule has 0 aliphatic carbocycles. The second-order valence-corrected chi connectivity index (χ2v) is 13.3. The Morgan fingerprint density at radius 3 is 1.75 bits per heavy atom. The number of para-hydroxylation sites is 1. The summed E-state index contributed by atoms with van der Waals surface area (Å²) in [7, 11) is 0. The third kappa shape index (κ3) is 5.52. The summed E-state index contributed by atoms with van der Waals surface area (Å²) in [5.74, 6) is 0.889. The fraction of sp³-hybridized carbons (Fsp3) is 0.0200. The van der Waals surface area contributed by atoms with Crippen LogP contribution in [0.5, 0.6) is 0 Å². The van der Waals surface area contributed by atoms with Crippen LogP contribution in [0.2, 0.25) is 0 Å². The molecule has 0 unspecified atom stereocenters. The summed E-state index contributed by atoms with van der Waals surface area (Å²) in [6, 6.07) is 64.7. The van der Waals surface area contributed by atoms with Crippen molar-refractivity contribution in [3.05, 3.63) is 206 Å². The number of fused-ring (bicyclic) bond motifs is 6. The van der Waals surface area contributed by atoms with E-state index in [0.29, 0.717) is 0 Å². The van der Waals surface area contributed by atoms with Gasteiger partial charge in [-0.15, -0.1) is 0 Å². The molecule has 0 spiro atoms. The van der Waals surface area contributed by atoms with Crippen molar-refractivity contribution in [2.75, 3.05) is 0 Å². The van der Waals surface area contributed by atoms with Crippen LogP contribution in [0.1, 0.15) is 18.1 Å². The van der Waals surface area contributed by atoms with Crippen LogP contribution >= 0.6 is 0 Å². The average Bonchev–Trinajstić information content (AvgIpc) is 3.56. The lowest BCUT2D eigenvalue weighted by Crippen LogP contribution is -2.07. The second kappa shape index (κ2) is 13.2. The Balaban J connectivity index is 1.23. The second-order valence-electron chi connectivity index (χ2n) is 13.3. The van der Waals surface area contributed by atoms with Crippen molar-refractivity contribution in [2.45, 2.75) is 6.92 Å². The molecule has 0 amide bonds. The molecule has 0 fully saturated rings. The maximum atomic E-state index is 5.35. The summed E-state index contributed by atoms with van der Waals surface area (Å²) < 4.78 is 2.31. The van der Waals surface area contributed by atoms with E-state index in [1.165, 1.54) is 54.6 Å². The van der Waals surface area contributed by atoms with Gasteiger partial charge in [0.15, 0.2) is 0 Å². The number of benzene rings is 8. The monoisotopic (exact) mass is 664 g/mol. The molecule has 9 rings (SSSR count). The van der Waals surface area contributed by atoms with Crippen molar-refractivity contribution in [3.63, 3.8) is 0 Å². The number of nitrogens with zero attached hydrogens (tertiary/aromatic N) is 2. The van der Waals surface area contributed by atoms with Crippen molar-refractivity contribution in [3.8, 4) is 22.3 Å². The zero-order valence-corrected chi connectivity index (χ0v) is 29.0. The van der Waals surface area contributed by atoms with Crippen LogP contribution in [0.25, 0.3) is 76.9 Å². The molecule has 0 aliphatic rings. The Morgan fingerprint density at radius 2 is 1.06 bits per heavy atom. The summed E-state index contributed by atoms with van der Waals surface area (Å²) >= 11 is 0. The first-order chi connectivity index (χ1) is 25.6. The molecule has 8 aromatic carbocycles. The highest BCUT2D eigenvalue weighted by Gasteiger charge is 2.17. The van der Waals surface area contributed by atoms with Gasteiger partial charge in [-0.1, -0.05) is 170 Å². The molecule has 246 valence electrons. The highest BCUT2D eigenvalue weighted by atomic mass is 15.1. The van der Waals surface area contributed by atoms with Gasteiger partial charge in [-0.3, -0.25) is 4.57 Å². The lowest BCUT2D eigenvalue weighted by molar-refractivity contribution is 1.24. The molecule has 1 heterocycles. The first-order valence-corrected chi connectivity index (χ1v) is 17.7. The molecule has 0 atom stereocenters. The zero-order chi connectivity index (χ0) is 35.0. The third-order valence-electron chi connectivity index (χ3n) is 10.1. The quantitative estimate of drug-likeness (QED) is 0.0956. The number of hydrogen-bond acceptors (Lipinski definition) is 1. The molecule has 0 bridgehead atoms. The summed E-state index contributed by atoms with van der Waals surface area (Å²) in [5.41, 5.74) is 11.1. The molecule has 9 aromatic rings. The number of rotatable bonds is 6. The standard InChI is InChI=1S/C50H36N2/c1-34(36-16-6-3-7-17-36)32-47(39-20-10-5-11-21-39)51-35(2)52-48-25-15-14-24-45(48)50-46-33-40(27-26-38(46)28-31-49(50)52)42-30-29-41(37-18-8-4-9-19-37)43-22-12-13-23-44(42)43/h3-33H,1H2,2H3/b47-32-,51-35?. The van der Waals surface area contributed by atoms with Gasteiger partial charge in [-0.25, -0.2) is 4.99 Å². The van der Waals surface area contributed by atoms with Crippen molar-refractivity contribution < 1.29 is 0 Å². The molecule has 2 nitrogen and oxygen atoms in total. The highest BCUT2D eigenvalue weighted by Crippen LogP contribution is 2.40. The minimum absolute atomic E-state index is 0.867. The Hall–Kier alpha value is -6.77. The fourth-order valence-electron chi connectivity index (χ4n) is 7.64. The van der Waals surface area contributed by atoms with Crippen LogP contribution in [-0.2, 0) is 0 Å². The van der Waals surface area contributed by atoms with Crippen molar-refractivity contribution >= 4 is 60.5 Å². The van der Waals surface area contributed by atoms with Crippen LogP contribution < -0.4 is 0 Å². The first-order valence-electron chi connectivity index (χ1n) is 17.7. The van der Waals surface area contributed by atoms with Crippen LogP contribution in [0, 0.1) is 0 Å². The maximum absolute atomic E-state index is 5.35. The number of hydrogen-bond donors (Lipinski definition) is 0. The first kappa shape index (κ1) is 31.2. The summed E-state index contributed by atoms with van der Waals surface area (Å²) in [5, 5.41) is 7.38. The molecule has 0 saturated heterocycles. The van der Waals surface area contributed by atoms with Gasteiger partial charge in [0.25, 0.3) is 0 Å². The van der Waals surface area contributed by atoms with Gasteiger partial charge >= 0.3 is 0 Å². The molecule has 52 heavy (non-hydrogen) atoms. The average molecular weight is 665 g/mol. The molecular formula is C50H36N2. The van der Waals surface area contributed by atoms with E-state index in [9.17, 15) is 0 Å². The van der Waals surface area contributed by atoms with Crippen molar-refractivity contribution in [1.29, 1.82) is 0 Å². The normalized spacial score (nSPS) is 12.2. The van der Waals surface area contributed by atoms with Crippen LogP contribution in [0.15, 0.2) is 200 Å². The van der Waals surface area contributed by atoms with E-state index in [1.54, 1.807) is 0 Å². The van der Waals surface area contributed by atoms with E-state index in [-0.39, 0.29) is 0 Å². The molecule has 2 heteroatoms. The van der Waals surface area contributed by atoms with Gasteiger partial charge < -0.3 is 0 Å². The summed E-state index contributed by atoms with van der Waals surface area (Å²) in [6.07, 6.45) is 2.09. The maximum Gasteiger partial charge on any atom is 0.111 e. The summed E-state index contributed by atoms with van der Waals surface area (Å²) in [4.78, 5) is 5.35. The van der Waals surface area contributed by atoms with Crippen molar-refractivity contribution in [1.82, 2.24) is 4.57 Å². The zero-order valence-electron chi connectivity index (χ0n) is 29.0. The van der Waals surface area contributed by atoms with Gasteiger partial charge in [-0.2, -0.15) is 0 Å². The molecular weight excluding hydrogens is 629 g/mol. The topological polar surface area (TPSA) is 17.3 Å². The Bertz CT molecular complexity index is 2840. The SMILES string of the molecule is C=C(/C=C(\N=C(C)n1c2ccccc2c2c3cc(-c4ccc(-c5ccccc5)c5ccccc45)ccc3ccc21)c1ccccc1)c1ccccc1. The Morgan fingerprint density at radius 1 is 0.500 bits per heavy atom. The summed E-state index contributed by atoms with van der Waals surface area (Å²) in [6.45, 7) is 6.52. The largest absolute Gasteiger partial charge is 0.297 e. The predicted octanol–water partition coefficient (Wildman–Crippen LogP) is 13.5. The van der Waals surface area contributed by atoms with Gasteiger partial charge in [0.2, 0.25) is 0 Å². The van der Waals surface area contributed by atoms with E-state index in [1.807, 2.05) is 24.3 Å². The lowest BCUT2D eigenvalue weighted by atomic mass is 9.91. The Kier molecular flexibility index (Phi) is 7.91. The molecule has 1 aromatic heterocycles. The number of aromatic nitrogens is 1. The van der Waals surface area contributed by atoms with E-state index in [0.717, 1.165) is 39.3 Å². The minimum Gasteiger partial charge on any atom is -0.297 e. The van der Waals surface area contributed by atoms with Gasteiger partial charge in [-0.05, 0) is 86.1 Å². The van der Waals surface area contributed by atoms with Crippen molar-refractivity contribution in [2.24, 2.45) is 4.99 Å². The highest BCUT2D eigenvalue weighted by molar-refractivity contribution is 6.24. The minimum atomic E-state index is 0.867. The van der Waals surface area contributed by atoms with E-state index in [4.69, 9.17) is 4.99 Å². The van der Waals surface area contributed by atoms with Crippen LogP contribution in [-0.4, -0.2) is 10.4 Å². The van der Waals surface area contributed by atoms with Gasteiger partial charge in [0.1, 0.15) is 5.84 Å². The van der Waals surface area contributed by atoms with E-state index >= 15 is 0 Å². The Labute approximate surface area is 304 Å². The van der Waals surface area contributed by atoms with Crippen LogP contribution in [0.4, 0.5) is 0 Å². The van der Waals surface area contributed by atoms with Crippen LogP contribution in [0.3, 0.4) is 0 Å². The lowest BCUT2D eigenvalue weighted by Gasteiger charge is -2.13. The van der Waals surface area contributed by atoms with E-state index in [2.05, 4.69) is 182 Å². The molecule has 0 N–H and O–H groups in total.